The number of amides is 1. The molecule has 0 aromatic heterocycles. The number of para-hydroxylation sites is 1. The van der Waals surface area contributed by atoms with Crippen LogP contribution in [0.5, 0.6) is 0 Å². The molecule has 1 amide bonds. The van der Waals surface area contributed by atoms with Gasteiger partial charge in [0.15, 0.2) is 0 Å². The Morgan fingerprint density at radius 2 is 1.59 bits per heavy atom. The van der Waals surface area contributed by atoms with Gasteiger partial charge in [-0.3, -0.25) is 4.79 Å². The van der Waals surface area contributed by atoms with E-state index in [4.69, 9.17) is 34.8 Å². The Kier molecular flexibility index (Phi) is 5.98. The number of halogens is 4. The number of carbonyl (C=O) groups is 1. The topological polar surface area (TPSA) is 41.1 Å². The van der Waals surface area contributed by atoms with Crippen molar-refractivity contribution in [2.75, 3.05) is 5.32 Å². The fourth-order valence-electron chi connectivity index (χ4n) is 1.75. The van der Waals surface area contributed by atoms with E-state index in [9.17, 15) is 4.79 Å². The summed E-state index contributed by atoms with van der Waals surface area (Å²) in [6.07, 6.45) is -0.889. The van der Waals surface area contributed by atoms with Crippen molar-refractivity contribution < 1.29 is 4.79 Å². The third-order valence-electron chi connectivity index (χ3n) is 2.81. The highest BCUT2D eigenvalue weighted by Gasteiger charge is 2.34. The molecule has 22 heavy (non-hydrogen) atoms. The molecule has 2 N–H and O–H groups in total. The average molecular weight is 423 g/mol. The van der Waals surface area contributed by atoms with E-state index in [0.717, 1.165) is 5.69 Å². The fourth-order valence-corrected chi connectivity index (χ4v) is 2.55. The summed E-state index contributed by atoms with van der Waals surface area (Å²) in [5.74, 6) is -0.354. The molecule has 7 heteroatoms. The molecular formula is C15H12BrCl3N2O. The van der Waals surface area contributed by atoms with Gasteiger partial charge in [0.2, 0.25) is 3.79 Å². The molecule has 1 atom stereocenters. The fraction of sp³-hybridized carbons (Fsp3) is 0.133. The van der Waals surface area contributed by atoms with Gasteiger partial charge in [-0.2, -0.15) is 0 Å². The maximum Gasteiger partial charge on any atom is 0.254 e. The maximum atomic E-state index is 12.4. The van der Waals surface area contributed by atoms with E-state index in [1.165, 1.54) is 0 Å². The SMILES string of the molecule is O=C(N[C@@H](Nc1ccccc1)C(Cl)(Cl)Cl)c1ccccc1Br. The summed E-state index contributed by atoms with van der Waals surface area (Å²) < 4.78 is -1.05. The summed E-state index contributed by atoms with van der Waals surface area (Å²) in [5.41, 5.74) is 1.18. The van der Waals surface area contributed by atoms with E-state index in [-0.39, 0.29) is 5.91 Å². The Balaban J connectivity index is 2.17. The van der Waals surface area contributed by atoms with Gasteiger partial charge in [0.25, 0.3) is 5.91 Å². The second-order valence-corrected chi connectivity index (χ2v) is 7.66. The van der Waals surface area contributed by atoms with Gasteiger partial charge >= 0.3 is 0 Å². The molecule has 0 aliphatic carbocycles. The first-order valence-corrected chi connectivity index (χ1v) is 8.24. The molecular weight excluding hydrogens is 410 g/mol. The summed E-state index contributed by atoms with van der Waals surface area (Å²) in [7, 11) is 0. The zero-order chi connectivity index (χ0) is 16.2. The van der Waals surface area contributed by atoms with E-state index in [0.29, 0.717) is 10.0 Å². The molecule has 0 aliphatic rings. The van der Waals surface area contributed by atoms with Crippen LogP contribution in [0.2, 0.25) is 0 Å². The molecule has 0 saturated heterocycles. The summed E-state index contributed by atoms with van der Waals surface area (Å²) in [4.78, 5) is 12.4. The second-order valence-electron chi connectivity index (χ2n) is 4.44. The number of alkyl halides is 3. The number of nitrogens with one attached hydrogen (secondary N) is 2. The quantitative estimate of drug-likeness (QED) is 0.539. The van der Waals surface area contributed by atoms with Crippen molar-refractivity contribution in [1.29, 1.82) is 0 Å². The maximum absolute atomic E-state index is 12.4. The van der Waals surface area contributed by atoms with Crippen molar-refractivity contribution >= 4 is 62.3 Å². The molecule has 0 fully saturated rings. The minimum Gasteiger partial charge on any atom is -0.362 e. The molecule has 0 radical (unpaired) electrons. The van der Waals surface area contributed by atoms with Crippen LogP contribution in [0.4, 0.5) is 5.69 Å². The average Bonchev–Trinajstić information content (AvgIpc) is 2.47. The van der Waals surface area contributed by atoms with Crippen LogP contribution in [0.25, 0.3) is 0 Å². The van der Waals surface area contributed by atoms with E-state index in [2.05, 4.69) is 26.6 Å². The van der Waals surface area contributed by atoms with Crippen molar-refractivity contribution in [3.8, 4) is 0 Å². The molecule has 116 valence electrons. The number of hydrogen-bond acceptors (Lipinski definition) is 2. The van der Waals surface area contributed by atoms with Crippen LogP contribution in [0.3, 0.4) is 0 Å². The van der Waals surface area contributed by atoms with Crippen LogP contribution in [0.1, 0.15) is 10.4 Å². The number of rotatable bonds is 4. The molecule has 0 saturated carbocycles. The van der Waals surface area contributed by atoms with Gasteiger partial charge in [-0.15, -0.1) is 0 Å². The monoisotopic (exact) mass is 420 g/mol. The Hall–Kier alpha value is -0.940. The predicted molar refractivity (Wildman–Crippen MR) is 95.8 cm³/mol. The van der Waals surface area contributed by atoms with Gasteiger partial charge in [-0.25, -0.2) is 0 Å². The summed E-state index contributed by atoms with van der Waals surface area (Å²) in [6, 6.07) is 16.2. The molecule has 0 bridgehead atoms. The standard InChI is InChI=1S/C15H12BrCl3N2O/c16-12-9-5-4-8-11(12)13(22)21-14(15(17,18)19)20-10-6-2-1-3-7-10/h1-9,14,20H,(H,21,22)/t14-/m1/s1. The molecule has 2 aromatic rings. The first-order chi connectivity index (χ1) is 10.4. The van der Waals surface area contributed by atoms with Crippen molar-refractivity contribution in [1.82, 2.24) is 5.32 Å². The number of carbonyl (C=O) groups excluding carboxylic acids is 1. The highest BCUT2D eigenvalue weighted by molar-refractivity contribution is 9.10. The largest absolute Gasteiger partial charge is 0.362 e. The lowest BCUT2D eigenvalue weighted by atomic mass is 10.2. The highest BCUT2D eigenvalue weighted by Crippen LogP contribution is 2.31. The minimum atomic E-state index is -1.72. The summed E-state index contributed by atoms with van der Waals surface area (Å²) in [5, 5.41) is 5.68. The van der Waals surface area contributed by atoms with Crippen LogP contribution >= 0.6 is 50.7 Å². The van der Waals surface area contributed by atoms with E-state index >= 15 is 0 Å². The lowest BCUT2D eigenvalue weighted by Gasteiger charge is -2.27. The first kappa shape index (κ1) is 17.4. The highest BCUT2D eigenvalue weighted by atomic mass is 79.9. The lowest BCUT2D eigenvalue weighted by Crippen LogP contribution is -2.49. The Bertz CT molecular complexity index is 647. The third kappa shape index (κ3) is 4.78. The molecule has 2 rings (SSSR count). The minimum absolute atomic E-state index is 0.354. The van der Waals surface area contributed by atoms with Crippen molar-refractivity contribution in [3.63, 3.8) is 0 Å². The smallest absolute Gasteiger partial charge is 0.254 e. The van der Waals surface area contributed by atoms with Crippen molar-refractivity contribution in [2.24, 2.45) is 0 Å². The molecule has 0 aliphatic heterocycles. The molecule has 0 unspecified atom stereocenters. The Morgan fingerprint density at radius 3 is 2.18 bits per heavy atom. The van der Waals surface area contributed by atoms with Gasteiger partial charge in [-0.05, 0) is 40.2 Å². The van der Waals surface area contributed by atoms with Gasteiger partial charge in [-0.1, -0.05) is 65.1 Å². The van der Waals surface area contributed by atoms with Gasteiger partial charge in [0.1, 0.15) is 6.17 Å². The molecule has 3 nitrogen and oxygen atoms in total. The molecule has 0 spiro atoms. The summed E-state index contributed by atoms with van der Waals surface area (Å²) in [6.45, 7) is 0. The molecule has 0 heterocycles. The van der Waals surface area contributed by atoms with Crippen LogP contribution in [-0.2, 0) is 0 Å². The lowest BCUT2D eigenvalue weighted by molar-refractivity contribution is 0.0941. The van der Waals surface area contributed by atoms with Gasteiger partial charge in [0.05, 0.1) is 5.56 Å². The van der Waals surface area contributed by atoms with Crippen molar-refractivity contribution in [2.45, 2.75) is 9.96 Å². The second kappa shape index (κ2) is 7.55. The molecule has 2 aromatic carbocycles. The van der Waals surface area contributed by atoms with Crippen LogP contribution in [0.15, 0.2) is 59.1 Å². The van der Waals surface area contributed by atoms with Gasteiger partial charge in [0, 0.05) is 10.2 Å². The summed E-state index contributed by atoms with van der Waals surface area (Å²) >= 11 is 21.2. The number of benzene rings is 2. The van der Waals surface area contributed by atoms with Crippen molar-refractivity contribution in [3.05, 3.63) is 64.6 Å². The third-order valence-corrected chi connectivity index (χ3v) is 4.15. The first-order valence-electron chi connectivity index (χ1n) is 6.31. The number of hydrogen-bond donors (Lipinski definition) is 2. The Labute approximate surface area is 152 Å². The zero-order valence-electron chi connectivity index (χ0n) is 11.2. The normalized spacial score (nSPS) is 12.5. The predicted octanol–water partition coefficient (Wildman–Crippen LogP) is 4.99. The Morgan fingerprint density at radius 1 is 1.00 bits per heavy atom. The van der Waals surface area contributed by atoms with Crippen LogP contribution < -0.4 is 10.6 Å². The number of anilines is 1. The zero-order valence-corrected chi connectivity index (χ0v) is 15.0. The van der Waals surface area contributed by atoms with E-state index in [1.807, 2.05) is 36.4 Å². The van der Waals surface area contributed by atoms with Gasteiger partial charge < -0.3 is 10.6 Å². The van der Waals surface area contributed by atoms with Crippen LogP contribution in [0, 0.1) is 0 Å². The van der Waals surface area contributed by atoms with E-state index in [1.54, 1.807) is 18.2 Å². The van der Waals surface area contributed by atoms with Crippen LogP contribution in [-0.4, -0.2) is 15.9 Å². The van der Waals surface area contributed by atoms with E-state index < -0.39 is 9.96 Å².